The van der Waals surface area contributed by atoms with Crippen molar-refractivity contribution in [2.45, 2.75) is 37.0 Å². The summed E-state index contributed by atoms with van der Waals surface area (Å²) >= 11 is 1.31. The average Bonchev–Trinajstić information content (AvgIpc) is 3.10. The van der Waals surface area contributed by atoms with Crippen molar-refractivity contribution in [3.8, 4) is 5.75 Å². The molecule has 0 radical (unpaired) electrons. The van der Waals surface area contributed by atoms with Crippen LogP contribution in [0.25, 0.3) is 11.0 Å². The van der Waals surface area contributed by atoms with Gasteiger partial charge in [-0.25, -0.2) is 0 Å². The Morgan fingerprint density at radius 1 is 1.39 bits per heavy atom. The molecule has 5 nitrogen and oxygen atoms in total. The fourth-order valence-corrected chi connectivity index (χ4v) is 4.82. The lowest BCUT2D eigenvalue weighted by molar-refractivity contribution is 0.112. The number of phenolic OH excluding ortho intramolecular Hbond substituents is 1. The first-order valence-corrected chi connectivity index (χ1v) is 8.37. The van der Waals surface area contributed by atoms with Crippen LogP contribution in [0.3, 0.4) is 0 Å². The first-order chi connectivity index (χ1) is 11.1. The molecule has 2 aromatic rings. The van der Waals surface area contributed by atoms with E-state index >= 15 is 0 Å². The van der Waals surface area contributed by atoms with Crippen LogP contribution in [0.2, 0.25) is 0 Å². The summed E-state index contributed by atoms with van der Waals surface area (Å²) in [6, 6.07) is 1.44. The fraction of sp³-hybridized carbons (Fsp3) is 0.375. The minimum absolute atomic E-state index is 0.0681. The van der Waals surface area contributed by atoms with E-state index in [0.29, 0.717) is 17.4 Å². The summed E-state index contributed by atoms with van der Waals surface area (Å²) < 4.78 is 19.4. The molecule has 1 saturated carbocycles. The quantitative estimate of drug-likeness (QED) is 0.838. The molecule has 120 valence electrons. The second kappa shape index (κ2) is 5.26. The van der Waals surface area contributed by atoms with Gasteiger partial charge in [-0.3, -0.25) is 14.5 Å². The van der Waals surface area contributed by atoms with Gasteiger partial charge in [-0.2, -0.15) is 4.39 Å². The Hall–Kier alpha value is -2.02. The Labute approximate surface area is 135 Å². The van der Waals surface area contributed by atoms with Crippen molar-refractivity contribution in [2.75, 3.05) is 4.90 Å². The molecule has 1 aromatic carbocycles. The molecule has 23 heavy (non-hydrogen) atoms. The maximum Gasteiger partial charge on any atom is 0.286 e. The summed E-state index contributed by atoms with van der Waals surface area (Å²) in [6.45, 7) is 0. The fourth-order valence-electron chi connectivity index (χ4n) is 3.51. The van der Waals surface area contributed by atoms with E-state index in [1.165, 1.54) is 24.1 Å². The van der Waals surface area contributed by atoms with Gasteiger partial charge < -0.3 is 9.52 Å². The molecule has 1 aromatic heterocycles. The second-order valence-corrected chi connectivity index (χ2v) is 7.08. The van der Waals surface area contributed by atoms with Gasteiger partial charge in [-0.1, -0.05) is 24.6 Å². The molecule has 2 heterocycles. The van der Waals surface area contributed by atoms with Gasteiger partial charge in [0.05, 0.1) is 17.3 Å². The molecule has 1 saturated heterocycles. The Morgan fingerprint density at radius 3 is 2.96 bits per heavy atom. The third-order valence-corrected chi connectivity index (χ3v) is 5.88. The van der Waals surface area contributed by atoms with Crippen LogP contribution in [0.1, 0.15) is 36.0 Å². The summed E-state index contributed by atoms with van der Waals surface area (Å²) in [4.78, 5) is 25.1. The van der Waals surface area contributed by atoms with Crippen molar-refractivity contribution in [1.82, 2.24) is 0 Å². The van der Waals surface area contributed by atoms with Gasteiger partial charge in [0.15, 0.2) is 17.6 Å². The number of aromatic hydroxyl groups is 1. The van der Waals surface area contributed by atoms with Crippen LogP contribution in [0.5, 0.6) is 5.75 Å². The number of anilines is 1. The number of furan rings is 1. The van der Waals surface area contributed by atoms with E-state index in [-0.39, 0.29) is 27.7 Å². The first-order valence-electron chi connectivity index (χ1n) is 7.49. The van der Waals surface area contributed by atoms with E-state index in [4.69, 9.17) is 4.42 Å². The van der Waals surface area contributed by atoms with Gasteiger partial charge in [-0.15, -0.1) is 0 Å². The molecular formula is C16H14FNO4S. The maximum atomic E-state index is 14.2. The number of hydrogen-bond donors (Lipinski definition) is 1. The molecule has 2 fully saturated rings. The van der Waals surface area contributed by atoms with Crippen molar-refractivity contribution >= 4 is 39.9 Å². The Morgan fingerprint density at radius 2 is 2.17 bits per heavy atom. The molecule has 2 aliphatic rings. The van der Waals surface area contributed by atoms with E-state index in [1.807, 2.05) is 0 Å². The molecule has 1 N–H and O–H groups in total. The van der Waals surface area contributed by atoms with Crippen molar-refractivity contribution in [3.05, 3.63) is 23.7 Å². The third kappa shape index (κ3) is 2.06. The van der Waals surface area contributed by atoms with Gasteiger partial charge >= 0.3 is 0 Å². The number of carbonyl (C=O) groups is 2. The third-order valence-electron chi connectivity index (χ3n) is 4.62. The lowest BCUT2D eigenvalue weighted by Crippen LogP contribution is -2.38. The number of phenols is 1. The molecule has 0 unspecified atom stereocenters. The van der Waals surface area contributed by atoms with Crippen molar-refractivity contribution in [3.63, 3.8) is 0 Å². The molecular weight excluding hydrogens is 321 g/mol. The smallest absolute Gasteiger partial charge is 0.286 e. The number of benzene rings is 1. The van der Waals surface area contributed by atoms with Crippen LogP contribution in [-0.4, -0.2) is 27.9 Å². The Bertz CT molecular complexity index is 818. The van der Waals surface area contributed by atoms with Gasteiger partial charge in [0.1, 0.15) is 6.26 Å². The van der Waals surface area contributed by atoms with Crippen LogP contribution < -0.4 is 4.90 Å². The SMILES string of the molecule is O=Cc1cc2c(N3C(=O)S[C@H]4CCCC[C@H]43)coc2c(F)c1O. The number of fused-ring (bicyclic) bond motifs is 2. The number of nitrogens with zero attached hydrogens (tertiary/aromatic N) is 1. The summed E-state index contributed by atoms with van der Waals surface area (Å²) in [5.74, 6) is -1.71. The van der Waals surface area contributed by atoms with Gasteiger partial charge in [-0.05, 0) is 18.9 Å². The second-order valence-electron chi connectivity index (χ2n) is 5.89. The summed E-state index contributed by atoms with van der Waals surface area (Å²) in [6.07, 6.45) is 5.77. The first kappa shape index (κ1) is 14.6. The molecule has 1 aliphatic carbocycles. The molecule has 1 aliphatic heterocycles. The standard InChI is InChI=1S/C16H14FNO4S/c17-13-14(20)8(6-19)5-9-11(7-22-15(9)13)18-10-3-1-2-4-12(10)23-16(18)21/h5-7,10,12,20H,1-4H2/t10-,12+/m1/s1. The van der Waals surface area contributed by atoms with E-state index < -0.39 is 11.6 Å². The highest BCUT2D eigenvalue weighted by atomic mass is 32.2. The number of rotatable bonds is 2. The Kier molecular flexibility index (Phi) is 3.33. The zero-order chi connectivity index (χ0) is 16.1. The highest BCUT2D eigenvalue weighted by molar-refractivity contribution is 8.14. The topological polar surface area (TPSA) is 70.8 Å². The number of aldehydes is 1. The lowest BCUT2D eigenvalue weighted by atomic mass is 9.93. The van der Waals surface area contributed by atoms with E-state index in [9.17, 15) is 19.1 Å². The molecule has 2 atom stereocenters. The number of halogens is 1. The van der Waals surface area contributed by atoms with Crippen molar-refractivity contribution < 1.29 is 23.5 Å². The largest absolute Gasteiger partial charge is 0.504 e. The van der Waals surface area contributed by atoms with Crippen molar-refractivity contribution in [2.24, 2.45) is 0 Å². The zero-order valence-electron chi connectivity index (χ0n) is 12.1. The van der Waals surface area contributed by atoms with Gasteiger partial charge in [0, 0.05) is 10.6 Å². The van der Waals surface area contributed by atoms with E-state index in [1.54, 1.807) is 4.90 Å². The monoisotopic (exact) mass is 335 g/mol. The lowest BCUT2D eigenvalue weighted by Gasteiger charge is -2.29. The number of amides is 1. The minimum Gasteiger partial charge on any atom is -0.504 e. The number of hydrogen-bond acceptors (Lipinski definition) is 5. The summed E-state index contributed by atoms with van der Waals surface area (Å²) in [7, 11) is 0. The van der Waals surface area contributed by atoms with Crippen LogP contribution in [-0.2, 0) is 0 Å². The zero-order valence-corrected chi connectivity index (χ0v) is 12.9. The van der Waals surface area contributed by atoms with Gasteiger partial charge in [0.25, 0.3) is 5.24 Å². The predicted octanol–water partition coefficient (Wildman–Crippen LogP) is 4.07. The number of thioether (sulfide) groups is 1. The van der Waals surface area contributed by atoms with E-state index in [0.717, 1.165) is 25.7 Å². The highest BCUT2D eigenvalue weighted by Crippen LogP contribution is 2.46. The summed E-state index contributed by atoms with van der Waals surface area (Å²) in [5, 5.41) is 10.2. The van der Waals surface area contributed by atoms with Crippen molar-refractivity contribution in [1.29, 1.82) is 0 Å². The normalized spacial score (nSPS) is 24.2. The van der Waals surface area contributed by atoms with Crippen LogP contribution in [0, 0.1) is 5.82 Å². The molecule has 4 rings (SSSR count). The molecule has 7 heteroatoms. The molecule has 0 bridgehead atoms. The average molecular weight is 335 g/mol. The molecule has 0 spiro atoms. The number of carbonyl (C=O) groups excluding carboxylic acids is 2. The predicted molar refractivity (Wildman–Crippen MR) is 84.7 cm³/mol. The van der Waals surface area contributed by atoms with Gasteiger partial charge in [0.2, 0.25) is 5.82 Å². The Balaban J connectivity index is 1.87. The van der Waals surface area contributed by atoms with Crippen LogP contribution in [0.15, 0.2) is 16.7 Å². The maximum absolute atomic E-state index is 14.2. The van der Waals surface area contributed by atoms with E-state index in [2.05, 4.69) is 0 Å². The highest BCUT2D eigenvalue weighted by Gasteiger charge is 2.43. The van der Waals surface area contributed by atoms with Crippen LogP contribution >= 0.6 is 11.8 Å². The van der Waals surface area contributed by atoms with Crippen LogP contribution in [0.4, 0.5) is 14.9 Å². The minimum atomic E-state index is -0.977. The summed E-state index contributed by atoms with van der Waals surface area (Å²) in [5.41, 5.74) is 0.172. The molecule has 1 amide bonds.